The number of aryl methyl sites for hydroxylation is 1. The molecule has 2 aliphatic heterocycles. The average Bonchev–Trinajstić information content (AvgIpc) is 3.02. The van der Waals surface area contributed by atoms with Crippen molar-refractivity contribution in [1.29, 1.82) is 0 Å². The first kappa shape index (κ1) is 14.0. The summed E-state index contributed by atoms with van der Waals surface area (Å²) in [6, 6.07) is 4.93. The average molecular weight is 279 g/mol. The minimum atomic E-state index is -1.18. The molecule has 0 aliphatic carbocycles. The van der Waals surface area contributed by atoms with Crippen LogP contribution in [0.1, 0.15) is 37.3 Å². The number of halogens is 1. The first-order valence-corrected chi connectivity index (χ1v) is 7.25. The van der Waals surface area contributed by atoms with E-state index in [1.807, 2.05) is 0 Å². The van der Waals surface area contributed by atoms with E-state index >= 15 is 0 Å². The molecule has 3 N–H and O–H groups in total. The molecule has 2 fully saturated rings. The van der Waals surface area contributed by atoms with Crippen LogP contribution in [-0.4, -0.2) is 23.9 Å². The molecule has 4 atom stereocenters. The normalized spacial score (nSPS) is 35.2. The first-order chi connectivity index (χ1) is 9.40. The number of ether oxygens (including phenoxy) is 1. The smallest absolute Gasteiger partial charge is 0.126 e. The van der Waals surface area contributed by atoms with Crippen LogP contribution >= 0.6 is 0 Å². The maximum atomic E-state index is 13.8. The van der Waals surface area contributed by atoms with Gasteiger partial charge in [0.2, 0.25) is 0 Å². The Hall–Kier alpha value is -0.970. The second-order valence-corrected chi connectivity index (χ2v) is 6.42. The Labute approximate surface area is 118 Å². The van der Waals surface area contributed by atoms with E-state index in [4.69, 9.17) is 10.5 Å². The molecule has 3 nitrogen and oxygen atoms in total. The molecular formula is C16H22FNO2. The highest BCUT2D eigenvalue weighted by Crippen LogP contribution is 2.56. The third-order valence-corrected chi connectivity index (χ3v) is 5.38. The second kappa shape index (κ2) is 4.52. The molecule has 2 aliphatic rings. The summed E-state index contributed by atoms with van der Waals surface area (Å²) in [6.07, 6.45) is 2.86. The van der Waals surface area contributed by atoms with Gasteiger partial charge in [-0.15, -0.1) is 0 Å². The molecule has 1 aromatic carbocycles. The second-order valence-electron chi connectivity index (χ2n) is 6.42. The molecule has 3 rings (SSSR count). The number of nitrogens with two attached hydrogens (primary N) is 1. The number of rotatable bonds is 3. The fourth-order valence-corrected chi connectivity index (χ4v) is 3.91. The Morgan fingerprint density at radius 1 is 1.50 bits per heavy atom. The number of fused-ring (bicyclic) bond motifs is 2. The zero-order valence-corrected chi connectivity index (χ0v) is 12.0. The lowest BCUT2D eigenvalue weighted by molar-refractivity contribution is -0.105. The van der Waals surface area contributed by atoms with Crippen LogP contribution in [0.4, 0.5) is 4.39 Å². The Balaban J connectivity index is 2.03. The molecule has 0 radical (unpaired) electrons. The standard InChI is InChI=1S/C16H22FNO2/c1-10-3-4-11(7-13(10)17)15(2,19)16(9-18)8-12-5-6-14(16)20-12/h3-4,7,12,14,19H,5-6,8-9,18H2,1-2H3. The predicted molar refractivity (Wildman–Crippen MR) is 74.7 cm³/mol. The molecule has 4 unspecified atom stereocenters. The van der Waals surface area contributed by atoms with Crippen LogP contribution < -0.4 is 5.73 Å². The molecule has 0 amide bonds. The predicted octanol–water partition coefficient (Wildman–Crippen LogP) is 2.24. The third-order valence-electron chi connectivity index (χ3n) is 5.38. The number of hydrogen-bond acceptors (Lipinski definition) is 3. The van der Waals surface area contributed by atoms with Crippen molar-refractivity contribution in [2.24, 2.45) is 11.1 Å². The SMILES string of the molecule is Cc1ccc(C(C)(O)C2(CN)CC3CCC2O3)cc1F. The highest BCUT2D eigenvalue weighted by atomic mass is 19.1. The van der Waals surface area contributed by atoms with Crippen LogP contribution in [0.3, 0.4) is 0 Å². The van der Waals surface area contributed by atoms with Crippen molar-refractivity contribution in [1.82, 2.24) is 0 Å². The van der Waals surface area contributed by atoms with Gasteiger partial charge in [-0.3, -0.25) is 0 Å². The largest absolute Gasteiger partial charge is 0.385 e. The van der Waals surface area contributed by atoms with E-state index in [-0.39, 0.29) is 18.0 Å². The van der Waals surface area contributed by atoms with Crippen LogP contribution in [0.5, 0.6) is 0 Å². The molecule has 0 spiro atoms. The van der Waals surface area contributed by atoms with Gasteiger partial charge in [0.1, 0.15) is 5.82 Å². The van der Waals surface area contributed by atoms with Crippen molar-refractivity contribution in [3.63, 3.8) is 0 Å². The van der Waals surface area contributed by atoms with Gasteiger partial charge in [-0.2, -0.15) is 0 Å². The van der Waals surface area contributed by atoms with Crippen LogP contribution in [-0.2, 0) is 10.3 Å². The Kier molecular flexibility index (Phi) is 3.16. The Morgan fingerprint density at radius 2 is 2.25 bits per heavy atom. The van der Waals surface area contributed by atoms with Crippen molar-refractivity contribution in [3.8, 4) is 0 Å². The van der Waals surface area contributed by atoms with E-state index in [1.54, 1.807) is 26.0 Å². The minimum Gasteiger partial charge on any atom is -0.385 e. The molecule has 0 saturated carbocycles. The molecule has 2 saturated heterocycles. The van der Waals surface area contributed by atoms with Gasteiger partial charge >= 0.3 is 0 Å². The Bertz CT molecular complexity index is 531. The monoisotopic (exact) mass is 279 g/mol. The molecule has 20 heavy (non-hydrogen) atoms. The van der Waals surface area contributed by atoms with Gasteiger partial charge in [0, 0.05) is 12.0 Å². The highest BCUT2D eigenvalue weighted by Gasteiger charge is 2.60. The highest BCUT2D eigenvalue weighted by molar-refractivity contribution is 5.31. The van der Waals surface area contributed by atoms with E-state index < -0.39 is 11.0 Å². The summed E-state index contributed by atoms with van der Waals surface area (Å²) in [4.78, 5) is 0. The van der Waals surface area contributed by atoms with Crippen molar-refractivity contribution >= 4 is 0 Å². The minimum absolute atomic E-state index is 0.0307. The number of benzene rings is 1. The van der Waals surface area contributed by atoms with E-state index in [1.165, 1.54) is 6.07 Å². The third kappa shape index (κ3) is 1.75. The molecular weight excluding hydrogens is 257 g/mol. The molecule has 110 valence electrons. The first-order valence-electron chi connectivity index (χ1n) is 7.25. The summed E-state index contributed by atoms with van der Waals surface area (Å²) in [5, 5.41) is 11.1. The maximum Gasteiger partial charge on any atom is 0.126 e. The Morgan fingerprint density at radius 3 is 2.75 bits per heavy atom. The zero-order chi connectivity index (χ0) is 14.5. The fraction of sp³-hybridized carbons (Fsp3) is 0.625. The molecule has 4 heteroatoms. The van der Waals surface area contributed by atoms with E-state index in [2.05, 4.69) is 0 Å². The fourth-order valence-electron chi connectivity index (χ4n) is 3.91. The van der Waals surface area contributed by atoms with Crippen molar-refractivity contribution in [3.05, 3.63) is 35.1 Å². The maximum absolute atomic E-state index is 13.8. The van der Waals surface area contributed by atoms with Crippen molar-refractivity contribution in [2.75, 3.05) is 6.54 Å². The lowest BCUT2D eigenvalue weighted by atomic mass is 9.61. The zero-order valence-electron chi connectivity index (χ0n) is 12.0. The molecule has 0 aromatic heterocycles. The van der Waals surface area contributed by atoms with Gasteiger partial charge < -0.3 is 15.6 Å². The summed E-state index contributed by atoms with van der Waals surface area (Å²) < 4.78 is 19.7. The quantitative estimate of drug-likeness (QED) is 0.892. The van der Waals surface area contributed by atoms with E-state index in [0.29, 0.717) is 17.7 Å². The molecule has 2 bridgehead atoms. The summed E-state index contributed by atoms with van der Waals surface area (Å²) in [5.41, 5.74) is 5.48. The topological polar surface area (TPSA) is 55.5 Å². The molecule has 1 aromatic rings. The summed E-state index contributed by atoms with van der Waals surface area (Å²) >= 11 is 0. The summed E-state index contributed by atoms with van der Waals surface area (Å²) in [6.45, 7) is 3.80. The van der Waals surface area contributed by atoms with Crippen LogP contribution in [0.2, 0.25) is 0 Å². The van der Waals surface area contributed by atoms with Crippen LogP contribution in [0.25, 0.3) is 0 Å². The lowest BCUT2D eigenvalue weighted by Gasteiger charge is -2.46. The van der Waals surface area contributed by atoms with Gasteiger partial charge in [-0.05, 0) is 50.3 Å². The van der Waals surface area contributed by atoms with Crippen LogP contribution in [0.15, 0.2) is 18.2 Å². The van der Waals surface area contributed by atoms with E-state index in [0.717, 1.165) is 19.3 Å². The van der Waals surface area contributed by atoms with Crippen LogP contribution in [0, 0.1) is 18.2 Å². The van der Waals surface area contributed by atoms with Gasteiger partial charge in [-0.1, -0.05) is 12.1 Å². The van der Waals surface area contributed by atoms with Gasteiger partial charge in [-0.25, -0.2) is 4.39 Å². The van der Waals surface area contributed by atoms with E-state index in [9.17, 15) is 9.50 Å². The van der Waals surface area contributed by atoms with Crippen molar-refractivity contribution in [2.45, 2.75) is 50.9 Å². The van der Waals surface area contributed by atoms with Gasteiger partial charge in [0.05, 0.1) is 17.8 Å². The molecule has 2 heterocycles. The number of aliphatic hydroxyl groups is 1. The van der Waals surface area contributed by atoms with Gasteiger partial charge in [0.15, 0.2) is 0 Å². The van der Waals surface area contributed by atoms with Crippen molar-refractivity contribution < 1.29 is 14.2 Å². The van der Waals surface area contributed by atoms with Gasteiger partial charge in [0.25, 0.3) is 0 Å². The number of hydrogen-bond donors (Lipinski definition) is 2. The lowest BCUT2D eigenvalue weighted by Crippen LogP contribution is -2.54. The summed E-state index contributed by atoms with van der Waals surface area (Å²) in [7, 11) is 0. The summed E-state index contributed by atoms with van der Waals surface area (Å²) in [5.74, 6) is -0.293.